The van der Waals surface area contributed by atoms with Crippen molar-refractivity contribution in [2.45, 2.75) is 64.7 Å². The lowest BCUT2D eigenvalue weighted by Crippen LogP contribution is -2.53. The molecule has 1 heterocycles. The number of likely N-dealkylation sites (tertiary alicyclic amines) is 1. The summed E-state index contributed by atoms with van der Waals surface area (Å²) < 4.78 is 5.28. The maximum Gasteiger partial charge on any atom is 0.407 e. The Hall–Kier alpha value is -1.34. The second-order valence-corrected chi connectivity index (χ2v) is 7.40. The number of piperidine rings is 1. The van der Waals surface area contributed by atoms with Crippen LogP contribution in [0.4, 0.5) is 4.79 Å². The Morgan fingerprint density at radius 2 is 2.04 bits per heavy atom. The molecule has 1 aliphatic rings. The van der Waals surface area contributed by atoms with E-state index in [2.05, 4.69) is 5.32 Å². The summed E-state index contributed by atoms with van der Waals surface area (Å²) in [6.45, 7) is 8.79. The molecule has 0 bridgehead atoms. The molecule has 7 heteroatoms. The zero-order valence-electron chi connectivity index (χ0n) is 14.7. The molecule has 2 amide bonds. The Bertz CT molecular complexity index is 409. The predicted octanol–water partition coefficient (Wildman–Crippen LogP) is 0.848. The molecule has 23 heavy (non-hydrogen) atoms. The SMILES string of the molecule is CCC(O)CC1CC(NC(=O)OC(C)(C)C)CN(CC(N)=O)C1. The lowest BCUT2D eigenvalue weighted by Gasteiger charge is -2.38. The Morgan fingerprint density at radius 3 is 2.57 bits per heavy atom. The minimum absolute atomic E-state index is 0.119. The van der Waals surface area contributed by atoms with Crippen LogP contribution < -0.4 is 11.1 Å². The van der Waals surface area contributed by atoms with Crippen molar-refractivity contribution in [3.8, 4) is 0 Å². The number of carbonyl (C=O) groups is 2. The number of primary amides is 1. The average Bonchev–Trinajstić information content (AvgIpc) is 2.34. The summed E-state index contributed by atoms with van der Waals surface area (Å²) in [6, 6.07) is -0.119. The molecule has 0 aromatic carbocycles. The van der Waals surface area contributed by atoms with E-state index < -0.39 is 17.6 Å². The Balaban J connectivity index is 2.64. The molecule has 0 aromatic heterocycles. The topological polar surface area (TPSA) is 105 Å². The highest BCUT2D eigenvalue weighted by Crippen LogP contribution is 2.22. The van der Waals surface area contributed by atoms with Gasteiger partial charge in [-0.2, -0.15) is 0 Å². The maximum absolute atomic E-state index is 11.9. The summed E-state index contributed by atoms with van der Waals surface area (Å²) in [5.41, 5.74) is 4.73. The highest BCUT2D eigenvalue weighted by atomic mass is 16.6. The molecule has 3 atom stereocenters. The summed E-state index contributed by atoms with van der Waals surface area (Å²) in [6.07, 6.45) is 1.27. The molecule has 1 aliphatic heterocycles. The molecular weight excluding hydrogens is 298 g/mol. The maximum atomic E-state index is 11.9. The van der Waals surface area contributed by atoms with Crippen LogP contribution in [-0.4, -0.2) is 59.4 Å². The van der Waals surface area contributed by atoms with E-state index in [0.29, 0.717) is 25.9 Å². The molecule has 134 valence electrons. The van der Waals surface area contributed by atoms with E-state index in [-0.39, 0.29) is 24.6 Å². The van der Waals surface area contributed by atoms with Gasteiger partial charge in [0.2, 0.25) is 5.91 Å². The molecule has 3 unspecified atom stereocenters. The van der Waals surface area contributed by atoms with Gasteiger partial charge in [0.1, 0.15) is 5.60 Å². The Morgan fingerprint density at radius 1 is 1.39 bits per heavy atom. The van der Waals surface area contributed by atoms with Gasteiger partial charge in [0.15, 0.2) is 0 Å². The van der Waals surface area contributed by atoms with Crippen molar-refractivity contribution >= 4 is 12.0 Å². The van der Waals surface area contributed by atoms with E-state index in [4.69, 9.17) is 10.5 Å². The van der Waals surface area contributed by atoms with Gasteiger partial charge in [-0.3, -0.25) is 9.69 Å². The van der Waals surface area contributed by atoms with Crippen LogP contribution in [0.3, 0.4) is 0 Å². The van der Waals surface area contributed by atoms with Gasteiger partial charge in [0.25, 0.3) is 0 Å². The third kappa shape index (κ3) is 8.18. The van der Waals surface area contributed by atoms with Crippen molar-refractivity contribution in [2.75, 3.05) is 19.6 Å². The number of aliphatic hydroxyl groups is 1. The second kappa shape index (κ2) is 8.49. The van der Waals surface area contributed by atoms with Gasteiger partial charge in [0, 0.05) is 19.1 Å². The minimum Gasteiger partial charge on any atom is -0.444 e. The third-order valence-electron chi connectivity index (χ3n) is 3.79. The van der Waals surface area contributed by atoms with Crippen LogP contribution in [0.25, 0.3) is 0 Å². The first-order chi connectivity index (χ1) is 10.6. The standard InChI is InChI=1S/C16H31N3O4/c1-5-13(20)7-11-6-12(9-19(8-11)10-14(17)21)18-15(22)23-16(2,3)4/h11-13,20H,5-10H2,1-4H3,(H2,17,21)(H,18,22). The predicted molar refractivity (Wildman–Crippen MR) is 87.8 cm³/mol. The van der Waals surface area contributed by atoms with Crippen molar-refractivity contribution in [1.82, 2.24) is 10.2 Å². The lowest BCUT2D eigenvalue weighted by molar-refractivity contribution is -0.119. The van der Waals surface area contributed by atoms with Gasteiger partial charge in [-0.25, -0.2) is 4.79 Å². The van der Waals surface area contributed by atoms with Crippen LogP contribution in [-0.2, 0) is 9.53 Å². The van der Waals surface area contributed by atoms with E-state index in [1.165, 1.54) is 0 Å². The molecule has 0 spiro atoms. The van der Waals surface area contributed by atoms with Gasteiger partial charge < -0.3 is 20.9 Å². The number of nitrogens with zero attached hydrogens (tertiary/aromatic N) is 1. The van der Waals surface area contributed by atoms with Crippen LogP contribution in [0.15, 0.2) is 0 Å². The van der Waals surface area contributed by atoms with E-state index in [1.807, 2.05) is 32.6 Å². The number of nitrogens with one attached hydrogen (secondary N) is 1. The van der Waals surface area contributed by atoms with Crippen molar-refractivity contribution in [1.29, 1.82) is 0 Å². The van der Waals surface area contributed by atoms with Crippen molar-refractivity contribution in [2.24, 2.45) is 11.7 Å². The quantitative estimate of drug-likeness (QED) is 0.670. The molecule has 1 rings (SSSR count). The molecule has 0 saturated carbocycles. The number of alkyl carbamates (subject to hydrolysis) is 1. The normalized spacial score (nSPS) is 24.0. The number of nitrogens with two attached hydrogens (primary N) is 1. The zero-order valence-corrected chi connectivity index (χ0v) is 14.7. The molecule has 1 fully saturated rings. The molecule has 0 aliphatic carbocycles. The van der Waals surface area contributed by atoms with Gasteiger partial charge in [0.05, 0.1) is 12.6 Å². The smallest absolute Gasteiger partial charge is 0.407 e. The van der Waals surface area contributed by atoms with Crippen molar-refractivity contribution in [3.05, 3.63) is 0 Å². The number of hydrogen-bond acceptors (Lipinski definition) is 5. The monoisotopic (exact) mass is 329 g/mol. The number of hydrogen-bond donors (Lipinski definition) is 3. The molecule has 1 saturated heterocycles. The number of ether oxygens (including phenoxy) is 1. The van der Waals surface area contributed by atoms with Crippen LogP contribution in [0.1, 0.15) is 47.0 Å². The number of carbonyl (C=O) groups excluding carboxylic acids is 2. The average molecular weight is 329 g/mol. The van der Waals surface area contributed by atoms with Crippen LogP contribution in [0.2, 0.25) is 0 Å². The van der Waals surface area contributed by atoms with E-state index in [0.717, 1.165) is 6.42 Å². The number of rotatable bonds is 6. The first-order valence-corrected chi connectivity index (χ1v) is 8.27. The first kappa shape index (κ1) is 19.7. The highest BCUT2D eigenvalue weighted by molar-refractivity contribution is 5.76. The number of aliphatic hydroxyl groups excluding tert-OH is 1. The van der Waals surface area contributed by atoms with Gasteiger partial charge in [-0.05, 0) is 46.0 Å². The van der Waals surface area contributed by atoms with Crippen molar-refractivity contribution < 1.29 is 19.4 Å². The van der Waals surface area contributed by atoms with Crippen molar-refractivity contribution in [3.63, 3.8) is 0 Å². The molecule has 0 aromatic rings. The van der Waals surface area contributed by atoms with E-state index in [1.54, 1.807) is 0 Å². The van der Waals surface area contributed by atoms with E-state index >= 15 is 0 Å². The van der Waals surface area contributed by atoms with E-state index in [9.17, 15) is 14.7 Å². The molecule has 0 radical (unpaired) electrons. The Kier molecular flexibility index (Phi) is 7.28. The zero-order chi connectivity index (χ0) is 17.6. The molecule has 4 N–H and O–H groups in total. The molecule has 7 nitrogen and oxygen atoms in total. The van der Waals surface area contributed by atoms with Gasteiger partial charge in [-0.1, -0.05) is 6.92 Å². The third-order valence-corrected chi connectivity index (χ3v) is 3.79. The number of amides is 2. The highest BCUT2D eigenvalue weighted by Gasteiger charge is 2.31. The Labute approximate surface area is 138 Å². The summed E-state index contributed by atoms with van der Waals surface area (Å²) in [7, 11) is 0. The fourth-order valence-electron chi connectivity index (χ4n) is 2.95. The summed E-state index contributed by atoms with van der Waals surface area (Å²) in [5, 5.41) is 12.7. The summed E-state index contributed by atoms with van der Waals surface area (Å²) in [4.78, 5) is 25.1. The van der Waals surface area contributed by atoms with Crippen LogP contribution in [0, 0.1) is 5.92 Å². The van der Waals surface area contributed by atoms with Gasteiger partial charge in [-0.15, -0.1) is 0 Å². The first-order valence-electron chi connectivity index (χ1n) is 8.27. The van der Waals surface area contributed by atoms with Crippen LogP contribution in [0.5, 0.6) is 0 Å². The van der Waals surface area contributed by atoms with Gasteiger partial charge >= 0.3 is 6.09 Å². The minimum atomic E-state index is -0.552. The largest absolute Gasteiger partial charge is 0.444 e. The summed E-state index contributed by atoms with van der Waals surface area (Å²) in [5.74, 6) is -0.185. The lowest BCUT2D eigenvalue weighted by atomic mass is 9.89. The fraction of sp³-hybridized carbons (Fsp3) is 0.875. The second-order valence-electron chi connectivity index (χ2n) is 7.40. The van der Waals surface area contributed by atoms with Crippen LogP contribution >= 0.6 is 0 Å². The fourth-order valence-corrected chi connectivity index (χ4v) is 2.95. The molecular formula is C16H31N3O4. The summed E-state index contributed by atoms with van der Waals surface area (Å²) >= 11 is 0.